The summed E-state index contributed by atoms with van der Waals surface area (Å²) in [5.74, 6) is -2.47. The molecule has 0 bridgehead atoms. The Balaban J connectivity index is 2.44. The van der Waals surface area contributed by atoms with E-state index in [0.717, 1.165) is 10.7 Å². The van der Waals surface area contributed by atoms with Crippen molar-refractivity contribution < 1.29 is 24.7 Å². The van der Waals surface area contributed by atoms with Gasteiger partial charge in [0.05, 0.1) is 23.9 Å². The summed E-state index contributed by atoms with van der Waals surface area (Å²) in [6.07, 6.45) is -0.452. The lowest BCUT2D eigenvalue weighted by atomic mass is 10.3. The molecular weight excluding hydrogens is 248 g/mol. The molecule has 98 valence electrons. The van der Waals surface area contributed by atoms with Crippen molar-refractivity contribution in [3.63, 3.8) is 0 Å². The largest absolute Gasteiger partial charge is 0.479 e. The van der Waals surface area contributed by atoms with Crippen LogP contribution in [0.2, 0.25) is 0 Å². The van der Waals surface area contributed by atoms with Crippen molar-refractivity contribution >= 4 is 17.7 Å². The van der Waals surface area contributed by atoms with Crippen LogP contribution in [0.5, 0.6) is 0 Å². The molecule has 1 aromatic rings. The molecule has 0 aliphatic carbocycles. The summed E-state index contributed by atoms with van der Waals surface area (Å²) >= 11 is 0. The molecule has 0 radical (unpaired) electrons. The molecule has 18 heavy (non-hydrogen) atoms. The number of amides is 1. The van der Waals surface area contributed by atoms with E-state index in [1.807, 2.05) is 0 Å². The van der Waals surface area contributed by atoms with Crippen LogP contribution in [0, 0.1) is 10.1 Å². The molecule has 0 saturated heterocycles. The number of carboxylic acids is 1. The minimum absolute atomic E-state index is 0.305. The molecule has 10 heteroatoms. The van der Waals surface area contributed by atoms with Gasteiger partial charge in [-0.25, -0.2) is 4.79 Å². The van der Waals surface area contributed by atoms with Gasteiger partial charge in [-0.1, -0.05) is 0 Å². The van der Waals surface area contributed by atoms with Crippen molar-refractivity contribution in [2.45, 2.75) is 12.6 Å². The zero-order chi connectivity index (χ0) is 13.7. The van der Waals surface area contributed by atoms with Gasteiger partial charge in [0.15, 0.2) is 6.10 Å². The Hall–Kier alpha value is -2.49. The monoisotopic (exact) mass is 258 g/mol. The predicted molar refractivity (Wildman–Crippen MR) is 55.5 cm³/mol. The zero-order valence-electron chi connectivity index (χ0n) is 9.02. The molecule has 0 aliphatic rings. The van der Waals surface area contributed by atoms with Gasteiger partial charge in [0, 0.05) is 0 Å². The molecule has 10 nitrogen and oxygen atoms in total. The average Bonchev–Trinajstić information content (AvgIpc) is 2.74. The van der Waals surface area contributed by atoms with E-state index in [1.165, 1.54) is 6.20 Å². The van der Waals surface area contributed by atoms with Crippen molar-refractivity contribution in [2.75, 3.05) is 6.54 Å². The number of carbonyl (C=O) groups excluding carboxylic acids is 1. The quantitative estimate of drug-likeness (QED) is 0.409. The number of carboxylic acid groups (broad SMARTS) is 1. The lowest BCUT2D eigenvalue weighted by Crippen LogP contribution is -2.38. The third-order valence-corrected chi connectivity index (χ3v) is 1.90. The highest BCUT2D eigenvalue weighted by Gasteiger charge is 2.16. The fourth-order valence-corrected chi connectivity index (χ4v) is 1.04. The number of aliphatic hydroxyl groups excluding tert-OH is 1. The normalized spacial score (nSPS) is 11.8. The van der Waals surface area contributed by atoms with Gasteiger partial charge in [0.2, 0.25) is 5.91 Å². The van der Waals surface area contributed by atoms with E-state index in [1.54, 1.807) is 0 Å². The summed E-state index contributed by atoms with van der Waals surface area (Å²) in [5.41, 5.74) is 0. The van der Waals surface area contributed by atoms with Crippen LogP contribution < -0.4 is 5.32 Å². The first-order valence-electron chi connectivity index (χ1n) is 4.75. The van der Waals surface area contributed by atoms with Crippen LogP contribution >= 0.6 is 0 Å². The molecule has 1 amide bonds. The highest BCUT2D eigenvalue weighted by molar-refractivity contribution is 5.77. The number of aliphatic carboxylic acids is 1. The van der Waals surface area contributed by atoms with Gasteiger partial charge < -0.3 is 25.6 Å². The molecule has 0 fully saturated rings. The van der Waals surface area contributed by atoms with Gasteiger partial charge >= 0.3 is 11.8 Å². The first kappa shape index (κ1) is 13.6. The molecule has 1 rings (SSSR count). The van der Waals surface area contributed by atoms with Gasteiger partial charge in [0.25, 0.3) is 0 Å². The molecule has 0 saturated carbocycles. The van der Waals surface area contributed by atoms with Crippen molar-refractivity contribution in [1.29, 1.82) is 0 Å². The Labute approximate surface area is 100.0 Å². The maximum atomic E-state index is 11.3. The summed E-state index contributed by atoms with van der Waals surface area (Å²) in [7, 11) is 0. The number of nitrogens with zero attached hydrogens (tertiary/aromatic N) is 3. The van der Waals surface area contributed by atoms with Crippen LogP contribution in [-0.4, -0.2) is 49.4 Å². The maximum Gasteiger partial charge on any atom is 0.389 e. The second-order valence-electron chi connectivity index (χ2n) is 3.29. The first-order valence-corrected chi connectivity index (χ1v) is 4.75. The Kier molecular flexibility index (Phi) is 4.32. The highest BCUT2D eigenvalue weighted by atomic mass is 16.6. The van der Waals surface area contributed by atoms with Gasteiger partial charge in [-0.2, -0.15) is 4.68 Å². The van der Waals surface area contributed by atoms with Gasteiger partial charge in [0.1, 0.15) is 6.54 Å². The van der Waals surface area contributed by atoms with E-state index in [4.69, 9.17) is 10.2 Å². The first-order chi connectivity index (χ1) is 8.40. The molecule has 1 atom stereocenters. The highest BCUT2D eigenvalue weighted by Crippen LogP contribution is 2.04. The number of carbonyl (C=O) groups is 2. The van der Waals surface area contributed by atoms with Crippen molar-refractivity contribution in [3.8, 4) is 0 Å². The van der Waals surface area contributed by atoms with Crippen molar-refractivity contribution in [2.24, 2.45) is 0 Å². The number of nitrogens with one attached hydrogen (secondary N) is 1. The van der Waals surface area contributed by atoms with Crippen LogP contribution in [0.3, 0.4) is 0 Å². The Bertz CT molecular complexity index is 470. The van der Waals surface area contributed by atoms with Crippen molar-refractivity contribution in [3.05, 3.63) is 22.4 Å². The third-order valence-electron chi connectivity index (χ3n) is 1.90. The number of rotatable bonds is 6. The molecular formula is C8H10N4O6. The molecule has 0 spiro atoms. The minimum Gasteiger partial charge on any atom is -0.479 e. The molecule has 0 aromatic carbocycles. The predicted octanol–water partition coefficient (Wildman–Crippen LogP) is -1.65. The van der Waals surface area contributed by atoms with E-state index >= 15 is 0 Å². The second-order valence-corrected chi connectivity index (χ2v) is 3.29. The standard InChI is InChI=1S/C8H10N4O6/c13-5(8(15)16)3-9-7(14)4-11-2-1-6(10-11)12(17)18/h1-2,5,13H,3-4H2,(H,9,14)(H,15,16)/t5-/m0/s1. The minimum atomic E-state index is -1.69. The molecule has 0 aliphatic heterocycles. The van der Waals surface area contributed by atoms with Crippen LogP contribution in [0.25, 0.3) is 0 Å². The van der Waals surface area contributed by atoms with E-state index < -0.39 is 35.3 Å². The summed E-state index contributed by atoms with van der Waals surface area (Å²) < 4.78 is 1.03. The van der Waals surface area contributed by atoms with Crippen LogP contribution in [0.15, 0.2) is 12.3 Å². The number of hydrogen-bond donors (Lipinski definition) is 3. The van der Waals surface area contributed by atoms with Crippen LogP contribution in [0.4, 0.5) is 5.82 Å². The number of hydrogen-bond acceptors (Lipinski definition) is 6. The van der Waals surface area contributed by atoms with E-state index in [9.17, 15) is 19.7 Å². The van der Waals surface area contributed by atoms with E-state index in [2.05, 4.69) is 10.4 Å². The van der Waals surface area contributed by atoms with Gasteiger partial charge in [-0.05, 0) is 4.92 Å². The summed E-state index contributed by atoms with van der Waals surface area (Å²) in [5, 5.41) is 33.2. The second kappa shape index (κ2) is 5.72. The van der Waals surface area contributed by atoms with Crippen molar-refractivity contribution in [1.82, 2.24) is 15.1 Å². The van der Waals surface area contributed by atoms with E-state index in [0.29, 0.717) is 0 Å². The summed E-state index contributed by atoms with van der Waals surface area (Å²) in [6, 6.07) is 1.12. The van der Waals surface area contributed by atoms with Gasteiger partial charge in [-0.15, -0.1) is 0 Å². The Morgan fingerprint density at radius 2 is 2.28 bits per heavy atom. The Morgan fingerprint density at radius 3 is 2.78 bits per heavy atom. The fraction of sp³-hybridized carbons (Fsp3) is 0.375. The number of aliphatic hydroxyl groups is 1. The smallest absolute Gasteiger partial charge is 0.389 e. The molecule has 1 aromatic heterocycles. The molecule has 0 unspecified atom stereocenters. The van der Waals surface area contributed by atoms with Crippen LogP contribution in [0.1, 0.15) is 0 Å². The number of aromatic nitrogens is 2. The lowest BCUT2D eigenvalue weighted by molar-refractivity contribution is -0.389. The summed E-state index contributed by atoms with van der Waals surface area (Å²) in [6.45, 7) is -0.752. The van der Waals surface area contributed by atoms with Gasteiger partial charge in [-0.3, -0.25) is 4.79 Å². The number of nitro groups is 1. The maximum absolute atomic E-state index is 11.3. The third kappa shape index (κ3) is 3.83. The topological polar surface area (TPSA) is 148 Å². The van der Waals surface area contributed by atoms with Crippen LogP contribution in [-0.2, 0) is 16.1 Å². The fourth-order valence-electron chi connectivity index (χ4n) is 1.04. The Morgan fingerprint density at radius 1 is 1.61 bits per heavy atom. The zero-order valence-corrected chi connectivity index (χ0v) is 9.02. The SMILES string of the molecule is O=C(Cn1ccc([N+](=O)[O-])n1)NC[C@H](O)C(=O)O. The van der Waals surface area contributed by atoms with E-state index in [-0.39, 0.29) is 6.54 Å². The molecule has 3 N–H and O–H groups in total. The molecule has 1 heterocycles. The lowest BCUT2D eigenvalue weighted by Gasteiger charge is -2.06. The average molecular weight is 258 g/mol. The summed E-state index contributed by atoms with van der Waals surface area (Å²) in [4.78, 5) is 31.1.